The van der Waals surface area contributed by atoms with Gasteiger partial charge in [0.25, 0.3) is 0 Å². The zero-order chi connectivity index (χ0) is 21.9. The van der Waals surface area contributed by atoms with E-state index in [0.717, 1.165) is 4.31 Å². The van der Waals surface area contributed by atoms with Crippen molar-refractivity contribution in [2.24, 2.45) is 0 Å². The molecule has 8 nitrogen and oxygen atoms in total. The van der Waals surface area contributed by atoms with Crippen molar-refractivity contribution >= 4 is 25.8 Å². The maximum Gasteiger partial charge on any atom is 0.337 e. The van der Waals surface area contributed by atoms with Crippen molar-refractivity contribution in [1.29, 1.82) is 0 Å². The summed E-state index contributed by atoms with van der Waals surface area (Å²) in [6, 6.07) is 12.7. The quantitative estimate of drug-likeness (QED) is 0.638. The molecular weight excluding hydrogens is 430 g/mol. The molecule has 0 bridgehead atoms. The number of ether oxygens (including phenoxy) is 2. The Morgan fingerprint density at radius 2 is 1.77 bits per heavy atom. The zero-order valence-electron chi connectivity index (χ0n) is 16.6. The fourth-order valence-electron chi connectivity index (χ4n) is 3.47. The highest BCUT2D eigenvalue weighted by Gasteiger charge is 2.36. The van der Waals surface area contributed by atoms with Gasteiger partial charge in [-0.05, 0) is 30.2 Å². The van der Waals surface area contributed by atoms with Gasteiger partial charge in [0.1, 0.15) is 10.6 Å². The topological polar surface area (TPSA) is 107 Å². The van der Waals surface area contributed by atoms with Crippen molar-refractivity contribution in [3.05, 3.63) is 59.7 Å². The molecule has 1 unspecified atom stereocenters. The maximum absolute atomic E-state index is 13.3. The molecule has 0 radical (unpaired) electrons. The summed E-state index contributed by atoms with van der Waals surface area (Å²) < 4.78 is 63.3. The van der Waals surface area contributed by atoms with E-state index in [0.29, 0.717) is 5.56 Å². The van der Waals surface area contributed by atoms with E-state index < -0.39 is 31.1 Å². The molecule has 30 heavy (non-hydrogen) atoms. The molecule has 1 heterocycles. The molecule has 0 amide bonds. The standard InChI is InChI=1S/C20H23NO7S2/c1-27-17-9-8-16(20(22)28-2)14-19(17)30(25,26)21-11-10-18(29(23,24)13-12-21)15-6-4-3-5-7-15/h3-9,14,18H,10-13H2,1-2H3. The number of nitrogens with zero attached hydrogens (tertiary/aromatic N) is 1. The number of hydrogen-bond donors (Lipinski definition) is 0. The number of rotatable bonds is 5. The Morgan fingerprint density at radius 3 is 2.40 bits per heavy atom. The van der Waals surface area contributed by atoms with E-state index in [9.17, 15) is 21.6 Å². The molecule has 1 aliphatic rings. The summed E-state index contributed by atoms with van der Waals surface area (Å²) in [7, 11) is -5.13. The highest BCUT2D eigenvalue weighted by molar-refractivity contribution is 7.92. The second-order valence-electron chi connectivity index (χ2n) is 6.82. The number of sulfonamides is 1. The van der Waals surface area contributed by atoms with E-state index >= 15 is 0 Å². The molecule has 1 aliphatic heterocycles. The lowest BCUT2D eigenvalue weighted by atomic mass is 10.1. The summed E-state index contributed by atoms with van der Waals surface area (Å²) in [5, 5.41) is -0.776. The average Bonchev–Trinajstić information content (AvgIpc) is 2.91. The van der Waals surface area contributed by atoms with Crippen molar-refractivity contribution in [2.45, 2.75) is 16.6 Å². The Hall–Kier alpha value is -2.43. The smallest absolute Gasteiger partial charge is 0.337 e. The fourth-order valence-corrected chi connectivity index (χ4v) is 7.02. The average molecular weight is 454 g/mol. The second kappa shape index (κ2) is 8.75. The normalized spacial score (nSPS) is 19.6. The van der Waals surface area contributed by atoms with Gasteiger partial charge in [-0.3, -0.25) is 0 Å². The van der Waals surface area contributed by atoms with E-state index in [-0.39, 0.29) is 41.5 Å². The number of carbonyl (C=O) groups excluding carboxylic acids is 1. The van der Waals surface area contributed by atoms with E-state index in [1.54, 1.807) is 30.3 Å². The minimum atomic E-state index is -4.11. The second-order valence-corrected chi connectivity index (χ2v) is 11.0. The van der Waals surface area contributed by atoms with Crippen LogP contribution in [0.3, 0.4) is 0 Å². The Bertz CT molecular complexity index is 1130. The van der Waals surface area contributed by atoms with Gasteiger partial charge in [0, 0.05) is 13.1 Å². The van der Waals surface area contributed by atoms with Crippen LogP contribution in [0, 0.1) is 0 Å². The number of esters is 1. The highest BCUT2D eigenvalue weighted by Crippen LogP contribution is 2.33. The lowest BCUT2D eigenvalue weighted by Crippen LogP contribution is -2.34. The molecule has 1 atom stereocenters. The van der Waals surface area contributed by atoms with Crippen LogP contribution in [0.15, 0.2) is 53.4 Å². The lowest BCUT2D eigenvalue weighted by molar-refractivity contribution is 0.0600. The van der Waals surface area contributed by atoms with Crippen molar-refractivity contribution < 1.29 is 31.1 Å². The van der Waals surface area contributed by atoms with Gasteiger partial charge in [0.2, 0.25) is 10.0 Å². The molecule has 2 aromatic rings. The molecular formula is C20H23NO7S2. The largest absolute Gasteiger partial charge is 0.495 e. The first-order valence-electron chi connectivity index (χ1n) is 9.23. The van der Waals surface area contributed by atoms with Crippen molar-refractivity contribution in [3.63, 3.8) is 0 Å². The van der Waals surface area contributed by atoms with Crippen molar-refractivity contribution in [1.82, 2.24) is 4.31 Å². The molecule has 10 heteroatoms. The van der Waals surface area contributed by atoms with E-state index in [2.05, 4.69) is 4.74 Å². The van der Waals surface area contributed by atoms with Gasteiger partial charge >= 0.3 is 5.97 Å². The van der Waals surface area contributed by atoms with Gasteiger partial charge in [-0.15, -0.1) is 0 Å². The van der Waals surface area contributed by atoms with E-state index in [1.165, 1.54) is 32.4 Å². The number of methoxy groups -OCH3 is 2. The molecule has 1 fully saturated rings. The monoisotopic (exact) mass is 453 g/mol. The molecule has 0 spiro atoms. The third kappa shape index (κ3) is 4.35. The van der Waals surface area contributed by atoms with Crippen LogP contribution in [0.25, 0.3) is 0 Å². The third-order valence-corrected chi connectivity index (χ3v) is 9.12. The van der Waals surface area contributed by atoms with Crippen LogP contribution < -0.4 is 4.74 Å². The van der Waals surface area contributed by atoms with Crippen LogP contribution in [0.1, 0.15) is 27.6 Å². The van der Waals surface area contributed by atoms with Gasteiger partial charge in [-0.2, -0.15) is 4.31 Å². The number of hydrogen-bond acceptors (Lipinski definition) is 7. The van der Waals surface area contributed by atoms with Gasteiger partial charge in [-0.25, -0.2) is 21.6 Å². The first-order chi connectivity index (χ1) is 14.2. The zero-order valence-corrected chi connectivity index (χ0v) is 18.3. The van der Waals surface area contributed by atoms with Gasteiger partial charge in [0.05, 0.1) is 30.8 Å². The van der Waals surface area contributed by atoms with Crippen LogP contribution >= 0.6 is 0 Å². The minimum Gasteiger partial charge on any atom is -0.495 e. The summed E-state index contributed by atoms with van der Waals surface area (Å²) in [4.78, 5) is 11.7. The van der Waals surface area contributed by atoms with Crippen LogP contribution in [-0.2, 0) is 24.6 Å². The SMILES string of the molecule is COC(=O)c1ccc(OC)c(S(=O)(=O)N2CCC(c3ccccc3)S(=O)(=O)CC2)c1. The Balaban J connectivity index is 1.97. The lowest BCUT2D eigenvalue weighted by Gasteiger charge is -2.21. The molecule has 162 valence electrons. The molecule has 0 aromatic heterocycles. The van der Waals surface area contributed by atoms with Crippen LogP contribution in [0.4, 0.5) is 0 Å². The summed E-state index contributed by atoms with van der Waals surface area (Å²) in [5.41, 5.74) is 0.698. The summed E-state index contributed by atoms with van der Waals surface area (Å²) in [6.45, 7) is -0.160. The molecule has 0 saturated carbocycles. The molecule has 1 saturated heterocycles. The van der Waals surface area contributed by atoms with E-state index in [4.69, 9.17) is 4.74 Å². The van der Waals surface area contributed by atoms with Crippen LogP contribution in [-0.4, -0.2) is 60.2 Å². The molecule has 0 N–H and O–H groups in total. The third-order valence-electron chi connectivity index (χ3n) is 5.07. The van der Waals surface area contributed by atoms with Crippen molar-refractivity contribution in [3.8, 4) is 5.75 Å². The number of benzene rings is 2. The molecule has 0 aliphatic carbocycles. The molecule has 3 rings (SSSR count). The van der Waals surface area contributed by atoms with Gasteiger partial charge < -0.3 is 9.47 Å². The van der Waals surface area contributed by atoms with Crippen LogP contribution in [0.5, 0.6) is 5.75 Å². The van der Waals surface area contributed by atoms with Crippen LogP contribution in [0.2, 0.25) is 0 Å². The minimum absolute atomic E-state index is 0.0206. The van der Waals surface area contributed by atoms with Gasteiger partial charge in [-0.1, -0.05) is 30.3 Å². The highest BCUT2D eigenvalue weighted by atomic mass is 32.2. The maximum atomic E-state index is 13.3. The number of sulfone groups is 1. The summed E-state index contributed by atoms with van der Waals surface area (Å²) in [5.74, 6) is -0.920. The molecule has 2 aromatic carbocycles. The van der Waals surface area contributed by atoms with Crippen molar-refractivity contribution in [2.75, 3.05) is 33.1 Å². The Morgan fingerprint density at radius 1 is 1.07 bits per heavy atom. The Kier molecular flexibility index (Phi) is 6.49. The van der Waals surface area contributed by atoms with Gasteiger partial charge in [0.15, 0.2) is 9.84 Å². The summed E-state index contributed by atoms with van der Waals surface area (Å²) >= 11 is 0. The first kappa shape index (κ1) is 22.3. The fraction of sp³-hybridized carbons (Fsp3) is 0.350. The predicted molar refractivity (Wildman–Crippen MR) is 111 cm³/mol. The first-order valence-corrected chi connectivity index (χ1v) is 12.4. The predicted octanol–water partition coefficient (Wildman–Crippen LogP) is 2.03. The Labute approximate surface area is 176 Å². The number of carbonyl (C=O) groups is 1. The van der Waals surface area contributed by atoms with E-state index in [1.807, 2.05) is 0 Å². The summed E-state index contributed by atoms with van der Waals surface area (Å²) in [6.07, 6.45) is 0.130.